The molecule has 1 fully saturated rings. The Morgan fingerprint density at radius 2 is 2.15 bits per heavy atom. The van der Waals surface area contributed by atoms with Gasteiger partial charge in [-0.15, -0.1) is 0 Å². The molecule has 4 rings (SSSR count). The van der Waals surface area contributed by atoms with E-state index in [9.17, 15) is 4.79 Å². The molecule has 27 heavy (non-hydrogen) atoms. The van der Waals surface area contributed by atoms with Gasteiger partial charge in [0.05, 0.1) is 5.69 Å². The normalized spacial score (nSPS) is 17.6. The highest BCUT2D eigenvalue weighted by molar-refractivity contribution is 5.78. The summed E-state index contributed by atoms with van der Waals surface area (Å²) in [5, 5.41) is 9.14. The minimum atomic E-state index is -0.0418. The van der Waals surface area contributed by atoms with Gasteiger partial charge in [-0.25, -0.2) is 9.97 Å². The topological polar surface area (TPSA) is 80.9 Å². The van der Waals surface area contributed by atoms with Crippen molar-refractivity contribution >= 4 is 16.9 Å². The van der Waals surface area contributed by atoms with E-state index in [0.717, 1.165) is 54.8 Å². The number of anilines is 1. The average Bonchev–Trinajstić information content (AvgIpc) is 2.96. The van der Waals surface area contributed by atoms with Gasteiger partial charge in [0.15, 0.2) is 11.5 Å². The van der Waals surface area contributed by atoms with E-state index in [1.54, 1.807) is 24.0 Å². The SMILES string of the molecule is Cc1nn(C)c2ncc(CN[C@H]3CCCN(c4nccn(C)c4=O)C3)cc12. The highest BCUT2D eigenvalue weighted by Gasteiger charge is 2.22. The highest BCUT2D eigenvalue weighted by atomic mass is 16.1. The van der Waals surface area contributed by atoms with Crippen molar-refractivity contribution in [3.63, 3.8) is 0 Å². The first kappa shape index (κ1) is 17.7. The Bertz CT molecular complexity index is 1020. The van der Waals surface area contributed by atoms with Gasteiger partial charge in [0.1, 0.15) is 0 Å². The fourth-order valence-electron chi connectivity index (χ4n) is 3.75. The summed E-state index contributed by atoms with van der Waals surface area (Å²) in [5.41, 5.74) is 3.01. The van der Waals surface area contributed by atoms with Crippen LogP contribution in [0.4, 0.5) is 5.82 Å². The van der Waals surface area contributed by atoms with Crippen molar-refractivity contribution in [1.29, 1.82) is 0 Å². The zero-order chi connectivity index (χ0) is 19.0. The zero-order valence-electron chi connectivity index (χ0n) is 16.0. The maximum absolute atomic E-state index is 12.3. The van der Waals surface area contributed by atoms with E-state index >= 15 is 0 Å². The largest absolute Gasteiger partial charge is 0.350 e. The van der Waals surface area contributed by atoms with Crippen LogP contribution in [0, 0.1) is 6.92 Å². The lowest BCUT2D eigenvalue weighted by Crippen LogP contribution is -2.47. The fraction of sp³-hybridized carbons (Fsp3) is 0.474. The first-order chi connectivity index (χ1) is 13.0. The molecular formula is C19H25N7O. The van der Waals surface area contributed by atoms with Gasteiger partial charge in [0.2, 0.25) is 0 Å². The van der Waals surface area contributed by atoms with E-state index in [0.29, 0.717) is 11.9 Å². The highest BCUT2D eigenvalue weighted by Crippen LogP contribution is 2.18. The van der Waals surface area contributed by atoms with Crippen molar-refractivity contribution in [2.24, 2.45) is 14.1 Å². The molecule has 1 saturated heterocycles. The van der Waals surface area contributed by atoms with Gasteiger partial charge in [0, 0.05) is 63.7 Å². The summed E-state index contributed by atoms with van der Waals surface area (Å²) in [7, 11) is 3.68. The number of nitrogens with one attached hydrogen (secondary N) is 1. The van der Waals surface area contributed by atoms with E-state index < -0.39 is 0 Å². The summed E-state index contributed by atoms with van der Waals surface area (Å²) in [6.45, 7) is 4.41. The van der Waals surface area contributed by atoms with Crippen LogP contribution in [0.15, 0.2) is 29.5 Å². The molecule has 4 heterocycles. The molecule has 0 spiro atoms. The van der Waals surface area contributed by atoms with Crippen LogP contribution in [0.3, 0.4) is 0 Å². The van der Waals surface area contributed by atoms with E-state index in [2.05, 4.69) is 31.3 Å². The number of piperidine rings is 1. The monoisotopic (exact) mass is 367 g/mol. The number of rotatable bonds is 4. The summed E-state index contributed by atoms with van der Waals surface area (Å²) >= 11 is 0. The summed E-state index contributed by atoms with van der Waals surface area (Å²) in [6.07, 6.45) is 7.41. The van der Waals surface area contributed by atoms with Crippen LogP contribution < -0.4 is 15.8 Å². The van der Waals surface area contributed by atoms with Gasteiger partial charge in [-0.3, -0.25) is 9.48 Å². The van der Waals surface area contributed by atoms with E-state index in [-0.39, 0.29) is 5.56 Å². The standard InChI is InChI=1S/C19H25N7O/c1-13-16-9-14(11-22-17(16)25(3)23-13)10-21-15-5-4-7-26(12-15)18-19(27)24(2)8-6-20-18/h6,8-9,11,15,21H,4-5,7,10,12H2,1-3H3/t15-/m0/s1. The molecule has 0 aliphatic carbocycles. The van der Waals surface area contributed by atoms with Crippen LogP contribution in [0.1, 0.15) is 24.1 Å². The van der Waals surface area contributed by atoms with Crippen molar-refractivity contribution in [1.82, 2.24) is 29.6 Å². The number of fused-ring (bicyclic) bond motifs is 1. The van der Waals surface area contributed by atoms with Crippen LogP contribution in [0.2, 0.25) is 0 Å². The Labute approximate surface area is 157 Å². The molecule has 0 unspecified atom stereocenters. The van der Waals surface area contributed by atoms with Gasteiger partial charge >= 0.3 is 0 Å². The van der Waals surface area contributed by atoms with Gasteiger partial charge < -0.3 is 14.8 Å². The van der Waals surface area contributed by atoms with E-state index in [1.165, 1.54) is 0 Å². The Kier molecular flexibility index (Phi) is 4.65. The summed E-state index contributed by atoms with van der Waals surface area (Å²) in [5.74, 6) is 0.542. The summed E-state index contributed by atoms with van der Waals surface area (Å²) in [4.78, 5) is 23.3. The number of nitrogens with zero attached hydrogens (tertiary/aromatic N) is 6. The third-order valence-electron chi connectivity index (χ3n) is 5.23. The molecule has 8 heteroatoms. The molecule has 8 nitrogen and oxygen atoms in total. The molecule has 3 aromatic heterocycles. The lowest BCUT2D eigenvalue weighted by Gasteiger charge is -2.33. The second kappa shape index (κ2) is 7.11. The lowest BCUT2D eigenvalue weighted by atomic mass is 10.1. The lowest BCUT2D eigenvalue weighted by molar-refractivity contribution is 0.419. The van der Waals surface area contributed by atoms with Crippen molar-refractivity contribution in [2.45, 2.75) is 32.4 Å². The third kappa shape index (κ3) is 3.44. The van der Waals surface area contributed by atoms with Crippen LogP contribution in [0.5, 0.6) is 0 Å². The summed E-state index contributed by atoms with van der Waals surface area (Å²) < 4.78 is 3.39. The molecule has 142 valence electrons. The predicted octanol–water partition coefficient (Wildman–Crippen LogP) is 1.13. The fourth-order valence-corrected chi connectivity index (χ4v) is 3.75. The van der Waals surface area contributed by atoms with Crippen molar-refractivity contribution in [3.05, 3.63) is 46.3 Å². The Morgan fingerprint density at radius 3 is 3.00 bits per heavy atom. The smallest absolute Gasteiger partial charge is 0.293 e. The van der Waals surface area contributed by atoms with Crippen LogP contribution in [-0.4, -0.2) is 43.4 Å². The number of aromatic nitrogens is 5. The van der Waals surface area contributed by atoms with Gasteiger partial charge in [-0.05, 0) is 31.4 Å². The van der Waals surface area contributed by atoms with E-state index in [1.807, 2.05) is 24.9 Å². The molecule has 0 aromatic carbocycles. The summed E-state index contributed by atoms with van der Waals surface area (Å²) in [6, 6.07) is 2.48. The molecule has 0 radical (unpaired) electrons. The number of hydrogen-bond acceptors (Lipinski definition) is 6. The average molecular weight is 367 g/mol. The van der Waals surface area contributed by atoms with Gasteiger partial charge in [0.25, 0.3) is 5.56 Å². The minimum absolute atomic E-state index is 0.0418. The molecule has 1 aliphatic rings. The molecule has 1 atom stereocenters. The van der Waals surface area contributed by atoms with Crippen LogP contribution in [0.25, 0.3) is 11.0 Å². The number of hydrogen-bond donors (Lipinski definition) is 1. The van der Waals surface area contributed by atoms with E-state index in [4.69, 9.17) is 0 Å². The molecule has 0 bridgehead atoms. The first-order valence-electron chi connectivity index (χ1n) is 9.31. The van der Waals surface area contributed by atoms with Gasteiger partial charge in [-0.1, -0.05) is 0 Å². The Balaban J connectivity index is 1.45. The second-order valence-corrected chi connectivity index (χ2v) is 7.26. The molecular weight excluding hydrogens is 342 g/mol. The first-order valence-corrected chi connectivity index (χ1v) is 9.31. The molecule has 0 amide bonds. The number of pyridine rings is 1. The molecule has 1 N–H and O–H groups in total. The molecule has 1 aliphatic heterocycles. The zero-order valence-corrected chi connectivity index (χ0v) is 16.0. The Hall–Kier alpha value is -2.74. The third-order valence-corrected chi connectivity index (χ3v) is 5.23. The minimum Gasteiger partial charge on any atom is -0.350 e. The van der Waals surface area contributed by atoms with Gasteiger partial charge in [-0.2, -0.15) is 5.10 Å². The van der Waals surface area contributed by atoms with Crippen molar-refractivity contribution in [2.75, 3.05) is 18.0 Å². The quantitative estimate of drug-likeness (QED) is 0.745. The van der Waals surface area contributed by atoms with Crippen molar-refractivity contribution < 1.29 is 0 Å². The second-order valence-electron chi connectivity index (χ2n) is 7.26. The van der Waals surface area contributed by atoms with Crippen LogP contribution >= 0.6 is 0 Å². The van der Waals surface area contributed by atoms with Crippen molar-refractivity contribution in [3.8, 4) is 0 Å². The molecule has 0 saturated carbocycles. The number of aryl methyl sites for hydroxylation is 3. The Morgan fingerprint density at radius 1 is 1.30 bits per heavy atom. The maximum Gasteiger partial charge on any atom is 0.293 e. The maximum atomic E-state index is 12.3. The molecule has 3 aromatic rings. The van der Waals surface area contributed by atoms with Crippen LogP contribution in [-0.2, 0) is 20.6 Å². The predicted molar refractivity (Wildman–Crippen MR) is 105 cm³/mol.